The van der Waals surface area contributed by atoms with E-state index in [0.29, 0.717) is 16.2 Å². The van der Waals surface area contributed by atoms with E-state index in [1.807, 2.05) is 23.6 Å². The largest absolute Gasteiger partial charge is 0.477 e. The number of hydrogen-bond acceptors (Lipinski definition) is 5. The summed E-state index contributed by atoms with van der Waals surface area (Å²) in [7, 11) is 0. The highest BCUT2D eigenvalue weighted by atomic mass is 32.1. The second-order valence-electron chi connectivity index (χ2n) is 4.33. The first kappa shape index (κ1) is 13.7. The van der Waals surface area contributed by atoms with Gasteiger partial charge in [0, 0.05) is 16.6 Å². The van der Waals surface area contributed by atoms with Crippen LogP contribution in [-0.2, 0) is 0 Å². The van der Waals surface area contributed by atoms with Crippen LogP contribution in [0.15, 0.2) is 28.5 Å². The van der Waals surface area contributed by atoms with Crippen LogP contribution in [0.25, 0.3) is 17.1 Å². The van der Waals surface area contributed by atoms with Crippen molar-refractivity contribution in [3.8, 4) is 0 Å². The second-order valence-corrected chi connectivity index (χ2v) is 6.32. The zero-order valence-corrected chi connectivity index (χ0v) is 12.6. The summed E-state index contributed by atoms with van der Waals surface area (Å²) < 4.78 is 1.28. The molecule has 0 bridgehead atoms. The van der Waals surface area contributed by atoms with E-state index < -0.39 is 5.97 Å². The van der Waals surface area contributed by atoms with Crippen LogP contribution in [0, 0.1) is 6.92 Å². The minimum Gasteiger partial charge on any atom is -0.477 e. The van der Waals surface area contributed by atoms with E-state index in [1.165, 1.54) is 10.6 Å². The fourth-order valence-corrected chi connectivity index (χ4v) is 3.29. The SMILES string of the molecule is Cc1c(/C=C/c2cccs2)nc2sc(C(=O)O)cn2c1=O. The minimum atomic E-state index is -1.06. The highest BCUT2D eigenvalue weighted by molar-refractivity contribution is 7.18. The molecule has 0 radical (unpaired) electrons. The maximum Gasteiger partial charge on any atom is 0.347 e. The van der Waals surface area contributed by atoms with Crippen molar-refractivity contribution in [1.82, 2.24) is 9.38 Å². The highest BCUT2D eigenvalue weighted by Crippen LogP contribution is 2.18. The van der Waals surface area contributed by atoms with Crippen LogP contribution in [0.4, 0.5) is 0 Å². The van der Waals surface area contributed by atoms with Crippen LogP contribution in [0.3, 0.4) is 0 Å². The lowest BCUT2D eigenvalue weighted by Crippen LogP contribution is -2.17. The first-order chi connectivity index (χ1) is 10.1. The van der Waals surface area contributed by atoms with E-state index in [0.717, 1.165) is 16.2 Å². The molecule has 106 valence electrons. The van der Waals surface area contributed by atoms with Gasteiger partial charge in [0.2, 0.25) is 0 Å². The molecule has 0 unspecified atom stereocenters. The molecule has 0 fully saturated rings. The maximum absolute atomic E-state index is 12.3. The quantitative estimate of drug-likeness (QED) is 0.806. The van der Waals surface area contributed by atoms with E-state index >= 15 is 0 Å². The minimum absolute atomic E-state index is 0.0957. The molecule has 7 heteroatoms. The third kappa shape index (κ3) is 2.53. The number of thiophene rings is 1. The Morgan fingerprint density at radius 2 is 2.24 bits per heavy atom. The van der Waals surface area contributed by atoms with Crippen molar-refractivity contribution in [2.75, 3.05) is 0 Å². The summed E-state index contributed by atoms with van der Waals surface area (Å²) in [6, 6.07) is 3.91. The van der Waals surface area contributed by atoms with Crippen LogP contribution in [0.5, 0.6) is 0 Å². The van der Waals surface area contributed by atoms with Gasteiger partial charge in [0.25, 0.3) is 5.56 Å². The highest BCUT2D eigenvalue weighted by Gasteiger charge is 2.13. The zero-order valence-electron chi connectivity index (χ0n) is 10.9. The molecule has 3 aromatic heterocycles. The van der Waals surface area contributed by atoms with Gasteiger partial charge in [0.15, 0.2) is 4.96 Å². The van der Waals surface area contributed by atoms with Crippen molar-refractivity contribution in [2.45, 2.75) is 6.92 Å². The molecule has 3 heterocycles. The number of carboxylic acid groups (broad SMARTS) is 1. The molecule has 0 aliphatic carbocycles. The Kier molecular flexibility index (Phi) is 3.44. The van der Waals surface area contributed by atoms with Crippen molar-refractivity contribution in [2.24, 2.45) is 0 Å². The predicted molar refractivity (Wildman–Crippen MR) is 84.3 cm³/mol. The van der Waals surface area contributed by atoms with Gasteiger partial charge >= 0.3 is 5.97 Å². The number of thiazole rings is 1. The van der Waals surface area contributed by atoms with Gasteiger partial charge in [-0.05, 0) is 30.5 Å². The number of aromatic carboxylic acids is 1. The first-order valence-corrected chi connectivity index (χ1v) is 7.73. The summed E-state index contributed by atoms with van der Waals surface area (Å²) in [5, 5.41) is 11.0. The van der Waals surface area contributed by atoms with Gasteiger partial charge in [0.1, 0.15) is 4.88 Å². The Morgan fingerprint density at radius 1 is 1.43 bits per heavy atom. The molecular weight excluding hydrogens is 308 g/mol. The maximum atomic E-state index is 12.3. The van der Waals surface area contributed by atoms with Gasteiger partial charge in [-0.3, -0.25) is 9.20 Å². The predicted octanol–water partition coefficient (Wildman–Crippen LogP) is 2.99. The molecule has 0 aromatic carbocycles. The third-order valence-electron chi connectivity index (χ3n) is 2.95. The fraction of sp³-hybridized carbons (Fsp3) is 0.0714. The van der Waals surface area contributed by atoms with E-state index in [9.17, 15) is 9.59 Å². The van der Waals surface area contributed by atoms with Crippen LogP contribution < -0.4 is 5.56 Å². The second kappa shape index (κ2) is 5.27. The Morgan fingerprint density at radius 3 is 2.90 bits per heavy atom. The van der Waals surface area contributed by atoms with Crippen molar-refractivity contribution in [3.63, 3.8) is 0 Å². The lowest BCUT2D eigenvalue weighted by atomic mass is 10.2. The van der Waals surface area contributed by atoms with Crippen molar-refractivity contribution < 1.29 is 9.90 Å². The number of carboxylic acids is 1. The summed E-state index contributed by atoms with van der Waals surface area (Å²) in [5.41, 5.74) is 0.816. The molecule has 21 heavy (non-hydrogen) atoms. The zero-order chi connectivity index (χ0) is 15.0. The van der Waals surface area contributed by atoms with Crippen molar-refractivity contribution in [1.29, 1.82) is 0 Å². The van der Waals surface area contributed by atoms with Crippen LogP contribution >= 0.6 is 22.7 Å². The Bertz CT molecular complexity index is 904. The van der Waals surface area contributed by atoms with E-state index in [4.69, 9.17) is 5.11 Å². The number of rotatable bonds is 3. The molecule has 0 aliphatic heterocycles. The monoisotopic (exact) mass is 318 g/mol. The molecule has 3 aromatic rings. The summed E-state index contributed by atoms with van der Waals surface area (Å²) in [6.07, 6.45) is 4.99. The smallest absolute Gasteiger partial charge is 0.347 e. The van der Waals surface area contributed by atoms with Crippen LogP contribution in [0.1, 0.15) is 25.8 Å². The van der Waals surface area contributed by atoms with E-state index in [-0.39, 0.29) is 10.4 Å². The summed E-state index contributed by atoms with van der Waals surface area (Å²) >= 11 is 2.58. The van der Waals surface area contributed by atoms with Gasteiger partial charge in [-0.15, -0.1) is 11.3 Å². The van der Waals surface area contributed by atoms with Crippen LogP contribution in [0.2, 0.25) is 0 Å². The summed E-state index contributed by atoms with van der Waals surface area (Å²) in [4.78, 5) is 29.2. The Labute approximate surface area is 127 Å². The fourth-order valence-electron chi connectivity index (χ4n) is 1.85. The van der Waals surface area contributed by atoms with Gasteiger partial charge in [-0.25, -0.2) is 9.78 Å². The molecule has 0 saturated carbocycles. The average Bonchev–Trinajstić information content (AvgIpc) is 3.10. The number of fused-ring (bicyclic) bond motifs is 1. The average molecular weight is 318 g/mol. The third-order valence-corrected chi connectivity index (χ3v) is 4.76. The lowest BCUT2D eigenvalue weighted by molar-refractivity contribution is 0.0702. The van der Waals surface area contributed by atoms with Gasteiger partial charge in [-0.2, -0.15) is 0 Å². The Hall–Kier alpha value is -2.25. The van der Waals surface area contributed by atoms with Crippen LogP contribution in [-0.4, -0.2) is 20.5 Å². The van der Waals surface area contributed by atoms with Gasteiger partial charge in [0.05, 0.1) is 5.69 Å². The van der Waals surface area contributed by atoms with Crippen molar-refractivity contribution >= 4 is 45.8 Å². The molecule has 3 rings (SSSR count). The Balaban J connectivity index is 2.13. The summed E-state index contributed by atoms with van der Waals surface area (Å²) in [6.45, 7) is 1.69. The molecule has 5 nitrogen and oxygen atoms in total. The number of hydrogen-bond donors (Lipinski definition) is 1. The van der Waals surface area contributed by atoms with E-state index in [2.05, 4.69) is 4.98 Å². The first-order valence-electron chi connectivity index (χ1n) is 6.04. The topological polar surface area (TPSA) is 71.7 Å². The van der Waals surface area contributed by atoms with Gasteiger partial charge in [-0.1, -0.05) is 17.4 Å². The normalized spacial score (nSPS) is 11.5. The molecule has 0 aliphatic rings. The molecular formula is C14H10N2O3S2. The molecule has 0 spiro atoms. The summed E-state index contributed by atoms with van der Waals surface area (Å²) in [5.74, 6) is -1.06. The standard InChI is InChI=1S/C14H10N2O3S2/c1-8-10(5-4-9-3-2-6-20-9)15-14-16(12(8)17)7-11(21-14)13(18)19/h2-7H,1H3,(H,18,19)/b5-4+. The lowest BCUT2D eigenvalue weighted by Gasteiger charge is -1.99. The van der Waals surface area contributed by atoms with Gasteiger partial charge < -0.3 is 5.11 Å². The van der Waals surface area contributed by atoms with Crippen molar-refractivity contribution in [3.05, 3.63) is 55.1 Å². The molecule has 1 N–H and O–H groups in total. The van der Waals surface area contributed by atoms with E-state index in [1.54, 1.807) is 24.3 Å². The molecule has 0 atom stereocenters. The number of carbonyl (C=O) groups is 1. The number of nitrogens with zero attached hydrogens (tertiary/aromatic N) is 2. The molecule has 0 saturated heterocycles. The number of aromatic nitrogens is 2. The molecule has 0 amide bonds.